The monoisotopic (exact) mass is 641 g/mol. The normalized spacial score (nSPS) is 27.0. The van der Waals surface area contributed by atoms with Crippen LogP contribution in [0.1, 0.15) is 72.3 Å². The molecule has 46 heavy (non-hydrogen) atoms. The number of ether oxygens (including phenoxy) is 1. The smallest absolute Gasteiger partial charge is 0.408 e. The molecule has 0 bridgehead atoms. The SMILES string of the molecule is Cn1c(=O)n(C2CCC(=O)NC2=O)c2ccc(N3CCC(CN4CCN(C5CC(C)(NC(=O)OC(C)(C)C)C5)CC4)CC3)c(F)c21. The summed E-state index contributed by atoms with van der Waals surface area (Å²) in [7, 11) is 1.52. The molecule has 6 rings (SSSR count). The van der Waals surface area contributed by atoms with E-state index in [2.05, 4.69) is 32.3 Å². The molecule has 2 N–H and O–H groups in total. The number of nitrogens with zero attached hydrogens (tertiary/aromatic N) is 5. The summed E-state index contributed by atoms with van der Waals surface area (Å²) in [5.74, 6) is -0.804. The van der Waals surface area contributed by atoms with Gasteiger partial charge in [0, 0.05) is 70.9 Å². The van der Waals surface area contributed by atoms with Crippen LogP contribution in [-0.2, 0) is 21.4 Å². The number of imidazole rings is 1. The number of hydrogen-bond donors (Lipinski definition) is 2. The van der Waals surface area contributed by atoms with E-state index in [9.17, 15) is 19.2 Å². The van der Waals surface area contributed by atoms with E-state index in [0.29, 0.717) is 23.2 Å². The first kappa shape index (κ1) is 32.5. The number of aromatic nitrogens is 2. The van der Waals surface area contributed by atoms with Crippen LogP contribution < -0.4 is 21.2 Å². The van der Waals surface area contributed by atoms with Crippen LogP contribution in [0, 0.1) is 11.7 Å². The lowest BCUT2D eigenvalue weighted by atomic mass is 9.73. The number of fused-ring (bicyclic) bond motifs is 1. The molecule has 3 saturated heterocycles. The van der Waals surface area contributed by atoms with Crippen LogP contribution in [-0.4, -0.2) is 99.8 Å². The summed E-state index contributed by atoms with van der Waals surface area (Å²) in [6.07, 6.45) is 3.80. The van der Waals surface area contributed by atoms with Gasteiger partial charge in [-0.05, 0) is 77.8 Å². The molecule has 1 unspecified atom stereocenters. The minimum absolute atomic E-state index is 0.138. The highest BCUT2D eigenvalue weighted by molar-refractivity contribution is 6.00. The molecule has 1 atom stereocenters. The lowest BCUT2D eigenvalue weighted by Crippen LogP contribution is -2.64. The largest absolute Gasteiger partial charge is 0.444 e. The minimum atomic E-state index is -0.841. The molecule has 252 valence electrons. The zero-order valence-electron chi connectivity index (χ0n) is 27.7. The summed E-state index contributed by atoms with van der Waals surface area (Å²) in [6, 6.07) is 3.08. The summed E-state index contributed by atoms with van der Waals surface area (Å²) in [5, 5.41) is 5.36. The zero-order valence-corrected chi connectivity index (χ0v) is 27.7. The van der Waals surface area contributed by atoms with Crippen molar-refractivity contribution in [3.8, 4) is 0 Å². The van der Waals surface area contributed by atoms with Crippen LogP contribution in [0.5, 0.6) is 0 Å². The highest BCUT2D eigenvalue weighted by Gasteiger charge is 2.45. The number of rotatable bonds is 6. The number of hydrogen-bond acceptors (Lipinski definition) is 8. The van der Waals surface area contributed by atoms with Crippen molar-refractivity contribution in [3.05, 3.63) is 28.4 Å². The van der Waals surface area contributed by atoms with E-state index in [1.807, 2.05) is 20.8 Å². The van der Waals surface area contributed by atoms with E-state index in [1.54, 1.807) is 12.1 Å². The lowest BCUT2D eigenvalue weighted by molar-refractivity contribution is -0.135. The van der Waals surface area contributed by atoms with E-state index in [4.69, 9.17) is 4.74 Å². The maximum absolute atomic E-state index is 16.0. The van der Waals surface area contributed by atoms with Crippen molar-refractivity contribution in [1.29, 1.82) is 0 Å². The molecule has 13 heteroatoms. The average Bonchev–Trinajstić information content (AvgIpc) is 3.22. The van der Waals surface area contributed by atoms with Gasteiger partial charge in [0.1, 0.15) is 17.2 Å². The summed E-state index contributed by atoms with van der Waals surface area (Å²) in [5.41, 5.74) is -0.167. The van der Waals surface area contributed by atoms with E-state index < -0.39 is 29.1 Å². The molecule has 1 aliphatic carbocycles. The molecule has 3 aliphatic heterocycles. The molecule has 3 amide bonds. The Labute approximate surface area is 269 Å². The fourth-order valence-electron chi connectivity index (χ4n) is 7.81. The topological polar surface area (TPSA) is 121 Å². The molecule has 0 radical (unpaired) electrons. The van der Waals surface area contributed by atoms with E-state index in [-0.39, 0.29) is 35.9 Å². The third-order valence-corrected chi connectivity index (χ3v) is 10.3. The fraction of sp³-hybridized carbons (Fsp3) is 0.697. The van der Waals surface area contributed by atoms with E-state index in [0.717, 1.165) is 71.5 Å². The number of carbonyl (C=O) groups excluding carboxylic acids is 3. The summed E-state index contributed by atoms with van der Waals surface area (Å²) in [4.78, 5) is 56.7. The highest BCUT2D eigenvalue weighted by Crippen LogP contribution is 2.37. The van der Waals surface area contributed by atoms with Gasteiger partial charge in [0.25, 0.3) is 0 Å². The highest BCUT2D eigenvalue weighted by atomic mass is 19.1. The molecular weight excluding hydrogens is 593 g/mol. The molecule has 4 aliphatic rings. The number of amides is 3. The van der Waals surface area contributed by atoms with Gasteiger partial charge >= 0.3 is 11.8 Å². The molecule has 2 aromatic rings. The quantitative estimate of drug-likeness (QED) is 0.462. The van der Waals surface area contributed by atoms with Gasteiger partial charge in [-0.3, -0.25) is 28.9 Å². The number of nitrogens with one attached hydrogen (secondary N) is 2. The lowest BCUT2D eigenvalue weighted by Gasteiger charge is -2.52. The van der Waals surface area contributed by atoms with Crippen molar-refractivity contribution in [2.24, 2.45) is 13.0 Å². The minimum Gasteiger partial charge on any atom is -0.444 e. The Balaban J connectivity index is 0.993. The van der Waals surface area contributed by atoms with Gasteiger partial charge in [-0.2, -0.15) is 0 Å². The standard InChI is InChI=1S/C33H48FN7O5/c1-32(2,3)46-30(44)36-33(4)18-22(19-33)39-16-14-38(15-17-39)20-21-10-12-40(13-11-21)23-6-7-24-28(27(23)34)37(5)31(45)41(24)25-8-9-26(42)35-29(25)43/h6-7,21-22,25H,8-20H2,1-5H3,(H,36,44)(H,35,42,43). The summed E-state index contributed by atoms with van der Waals surface area (Å²) in [6.45, 7) is 14.3. The number of piperazine rings is 1. The maximum atomic E-state index is 16.0. The van der Waals surface area contributed by atoms with Crippen LogP contribution in [0.25, 0.3) is 11.0 Å². The first-order valence-electron chi connectivity index (χ1n) is 16.7. The zero-order chi connectivity index (χ0) is 33.0. The third-order valence-electron chi connectivity index (χ3n) is 10.3. The predicted octanol–water partition coefficient (Wildman–Crippen LogP) is 2.74. The van der Waals surface area contributed by atoms with Crippen LogP contribution in [0.15, 0.2) is 16.9 Å². The Morgan fingerprint density at radius 1 is 1.04 bits per heavy atom. The van der Waals surface area contributed by atoms with Gasteiger partial charge in [-0.15, -0.1) is 0 Å². The third kappa shape index (κ3) is 6.53. The first-order valence-corrected chi connectivity index (χ1v) is 16.7. The molecule has 0 spiro atoms. The van der Waals surface area contributed by atoms with Crippen molar-refractivity contribution >= 4 is 34.6 Å². The Kier molecular flexibility index (Phi) is 8.68. The Morgan fingerprint density at radius 2 is 1.72 bits per heavy atom. The second-order valence-electron chi connectivity index (χ2n) is 15.0. The van der Waals surface area contributed by atoms with Gasteiger partial charge in [-0.25, -0.2) is 14.0 Å². The van der Waals surface area contributed by atoms with Crippen molar-refractivity contribution in [2.45, 2.75) is 89.4 Å². The number of carbonyl (C=O) groups is 3. The van der Waals surface area contributed by atoms with Crippen LogP contribution in [0.4, 0.5) is 14.9 Å². The fourth-order valence-corrected chi connectivity index (χ4v) is 7.81. The van der Waals surface area contributed by atoms with Gasteiger partial charge in [0.05, 0.1) is 11.2 Å². The molecular formula is C33H48FN7O5. The van der Waals surface area contributed by atoms with Gasteiger partial charge < -0.3 is 19.9 Å². The van der Waals surface area contributed by atoms with Gasteiger partial charge in [0.2, 0.25) is 11.8 Å². The van der Waals surface area contributed by atoms with Gasteiger partial charge in [0.15, 0.2) is 5.82 Å². The van der Waals surface area contributed by atoms with Crippen LogP contribution >= 0.6 is 0 Å². The van der Waals surface area contributed by atoms with E-state index >= 15 is 4.39 Å². The first-order chi connectivity index (χ1) is 21.7. The second-order valence-corrected chi connectivity index (χ2v) is 15.0. The number of halogens is 1. The van der Waals surface area contributed by atoms with Crippen molar-refractivity contribution in [3.63, 3.8) is 0 Å². The van der Waals surface area contributed by atoms with Crippen LogP contribution in [0.2, 0.25) is 0 Å². The second kappa shape index (κ2) is 12.3. The number of alkyl carbamates (subject to hydrolysis) is 1. The van der Waals surface area contributed by atoms with E-state index in [1.165, 1.54) is 16.2 Å². The van der Waals surface area contributed by atoms with Crippen LogP contribution in [0.3, 0.4) is 0 Å². The maximum Gasteiger partial charge on any atom is 0.408 e. The molecule has 1 aromatic heterocycles. The van der Waals surface area contributed by atoms with Gasteiger partial charge in [-0.1, -0.05) is 0 Å². The predicted molar refractivity (Wildman–Crippen MR) is 172 cm³/mol. The van der Waals surface area contributed by atoms with Crippen molar-refractivity contribution < 1.29 is 23.5 Å². The number of benzene rings is 1. The Bertz CT molecular complexity index is 1560. The average molecular weight is 642 g/mol. The number of piperidine rings is 2. The molecule has 12 nitrogen and oxygen atoms in total. The van der Waals surface area contributed by atoms with Crippen molar-refractivity contribution in [2.75, 3.05) is 50.7 Å². The molecule has 1 aromatic carbocycles. The summed E-state index contributed by atoms with van der Waals surface area (Å²) < 4.78 is 24.0. The Morgan fingerprint density at radius 3 is 2.35 bits per heavy atom. The molecule has 4 fully saturated rings. The summed E-state index contributed by atoms with van der Waals surface area (Å²) >= 11 is 0. The van der Waals surface area contributed by atoms with Crippen molar-refractivity contribution in [1.82, 2.24) is 29.6 Å². The number of imide groups is 1. The molecule has 1 saturated carbocycles. The molecule has 4 heterocycles. The Hall–Kier alpha value is -3.45. The number of aryl methyl sites for hydroxylation is 1. The number of anilines is 1.